The second-order valence-electron chi connectivity index (χ2n) is 7.60. The van der Waals surface area contributed by atoms with Gasteiger partial charge in [0.25, 0.3) is 0 Å². The van der Waals surface area contributed by atoms with Crippen LogP contribution < -0.4 is 35.0 Å². The molecule has 10 heteroatoms. The van der Waals surface area contributed by atoms with Gasteiger partial charge in [0.15, 0.2) is 23.0 Å². The van der Waals surface area contributed by atoms with E-state index in [0.29, 0.717) is 45.4 Å². The summed E-state index contributed by atoms with van der Waals surface area (Å²) in [5, 5.41) is 21.2. The Labute approximate surface area is 184 Å². The molecule has 2 aromatic carbocycles. The molecule has 1 amide bonds. The summed E-state index contributed by atoms with van der Waals surface area (Å²) < 4.78 is 27.4. The molecule has 172 valence electrons. The number of methoxy groups -OCH3 is 3. The van der Waals surface area contributed by atoms with Crippen molar-refractivity contribution in [1.29, 1.82) is 0 Å². The van der Waals surface area contributed by atoms with Crippen molar-refractivity contribution in [3.8, 4) is 28.7 Å². The lowest BCUT2D eigenvalue weighted by Gasteiger charge is -2.41. The molecule has 0 unspecified atom stereocenters. The fourth-order valence-corrected chi connectivity index (χ4v) is 4.69. The number of nitrogens with two attached hydrogens (primary N) is 1. The first-order valence-corrected chi connectivity index (χ1v) is 10.0. The van der Waals surface area contributed by atoms with Gasteiger partial charge in [-0.15, -0.1) is 0 Å². The van der Waals surface area contributed by atoms with Gasteiger partial charge in [0.05, 0.1) is 33.4 Å². The highest BCUT2D eigenvalue weighted by atomic mass is 16.7. The minimum absolute atomic E-state index is 0.0549. The monoisotopic (exact) mass is 446 g/mol. The summed E-state index contributed by atoms with van der Waals surface area (Å²) in [4.78, 5) is 12.9. The van der Waals surface area contributed by atoms with Crippen molar-refractivity contribution in [3.63, 3.8) is 0 Å². The lowest BCUT2D eigenvalue weighted by atomic mass is 9.65. The quantitative estimate of drug-likeness (QED) is 0.288. The highest BCUT2D eigenvalue weighted by molar-refractivity contribution is 5.81. The van der Waals surface area contributed by atoms with Gasteiger partial charge >= 0.3 is 0 Å². The molecule has 4 atom stereocenters. The fraction of sp³-hybridized carbons (Fsp3) is 0.409. The second kappa shape index (κ2) is 8.73. The van der Waals surface area contributed by atoms with E-state index in [2.05, 4.69) is 5.43 Å². The second-order valence-corrected chi connectivity index (χ2v) is 7.60. The van der Waals surface area contributed by atoms with Gasteiger partial charge in [-0.1, -0.05) is 0 Å². The number of aliphatic hydroxyl groups excluding tert-OH is 2. The molecule has 0 radical (unpaired) electrons. The molecule has 32 heavy (non-hydrogen) atoms. The van der Waals surface area contributed by atoms with Crippen LogP contribution in [-0.2, 0) is 4.79 Å². The summed E-state index contributed by atoms with van der Waals surface area (Å²) in [5.41, 5.74) is 4.01. The molecule has 0 fully saturated rings. The molecule has 1 heterocycles. The van der Waals surface area contributed by atoms with E-state index in [4.69, 9.17) is 29.5 Å². The standard InChI is InChI=1S/C22H26N2O8/c1-28-16-4-10(5-17(29-2)21(16)30-3)18-11-6-14-15(32-9-31-14)7-12(11)20(26)13(8-25)19(18)22(27)24-23/h4-7,13,18-20,25-26H,8-9,23H2,1-3H3,(H,24,27)/t13-,18+,19+,20-/m0/s1. The van der Waals surface area contributed by atoms with Crippen LogP contribution in [0.2, 0.25) is 0 Å². The van der Waals surface area contributed by atoms with Crippen molar-refractivity contribution >= 4 is 5.91 Å². The Hall–Kier alpha value is -3.21. The first-order chi connectivity index (χ1) is 15.5. The van der Waals surface area contributed by atoms with Crippen molar-refractivity contribution in [2.75, 3.05) is 34.7 Å². The lowest BCUT2D eigenvalue weighted by Crippen LogP contribution is -2.47. The Morgan fingerprint density at radius 2 is 1.66 bits per heavy atom. The number of carbonyl (C=O) groups is 1. The van der Waals surface area contributed by atoms with Crippen LogP contribution >= 0.6 is 0 Å². The summed E-state index contributed by atoms with van der Waals surface area (Å²) in [6.45, 7) is -0.382. The molecule has 2 aliphatic rings. The topological polar surface area (TPSA) is 142 Å². The summed E-state index contributed by atoms with van der Waals surface area (Å²) in [5.74, 6) is 4.85. The summed E-state index contributed by atoms with van der Waals surface area (Å²) in [6.07, 6.45) is -1.12. The van der Waals surface area contributed by atoms with Gasteiger partial charge in [-0.3, -0.25) is 10.2 Å². The zero-order chi connectivity index (χ0) is 23.0. The van der Waals surface area contributed by atoms with Crippen LogP contribution in [0.25, 0.3) is 0 Å². The van der Waals surface area contributed by atoms with Gasteiger partial charge in [-0.25, -0.2) is 5.84 Å². The van der Waals surface area contributed by atoms with Gasteiger partial charge in [0, 0.05) is 18.4 Å². The maximum atomic E-state index is 12.9. The molecule has 0 spiro atoms. The SMILES string of the molecule is COc1cc([C@@H]2c3cc4c(cc3[C@H](O)[C@@H](CO)[C@H]2C(=O)NN)OCO4)cc(OC)c1OC. The van der Waals surface area contributed by atoms with E-state index in [0.717, 1.165) is 0 Å². The normalized spacial score (nSPS) is 23.3. The summed E-state index contributed by atoms with van der Waals surface area (Å²) in [6, 6.07) is 6.91. The van der Waals surface area contributed by atoms with Gasteiger partial charge < -0.3 is 33.9 Å². The molecule has 0 bridgehead atoms. The van der Waals surface area contributed by atoms with Gasteiger partial charge in [-0.2, -0.15) is 0 Å². The van der Waals surface area contributed by atoms with Crippen molar-refractivity contribution in [3.05, 3.63) is 41.0 Å². The Bertz CT molecular complexity index is 1000. The number of ether oxygens (including phenoxy) is 5. The number of benzene rings is 2. The van der Waals surface area contributed by atoms with E-state index in [1.807, 2.05) is 0 Å². The highest BCUT2D eigenvalue weighted by Gasteiger charge is 2.47. The number of rotatable bonds is 6. The van der Waals surface area contributed by atoms with E-state index in [9.17, 15) is 15.0 Å². The molecular formula is C22H26N2O8. The third kappa shape index (κ3) is 3.36. The smallest absolute Gasteiger partial charge is 0.238 e. The summed E-state index contributed by atoms with van der Waals surface area (Å²) >= 11 is 0. The number of hydrazine groups is 1. The van der Waals surface area contributed by atoms with Crippen LogP contribution in [-0.4, -0.2) is 50.8 Å². The zero-order valence-electron chi connectivity index (χ0n) is 18.0. The van der Waals surface area contributed by atoms with Crippen LogP contribution in [0, 0.1) is 11.8 Å². The number of aliphatic hydroxyl groups is 2. The molecule has 0 saturated carbocycles. The van der Waals surface area contributed by atoms with Crippen molar-refractivity contribution in [2.24, 2.45) is 17.7 Å². The van der Waals surface area contributed by atoms with Gasteiger partial charge in [0.2, 0.25) is 18.4 Å². The molecule has 1 aliphatic carbocycles. The first kappa shape index (κ1) is 22.0. The predicted octanol–water partition coefficient (Wildman–Crippen LogP) is 0.835. The molecule has 0 saturated heterocycles. The number of carbonyl (C=O) groups excluding carboxylic acids is 1. The fourth-order valence-electron chi connectivity index (χ4n) is 4.69. The number of hydrogen-bond acceptors (Lipinski definition) is 9. The maximum absolute atomic E-state index is 12.9. The molecule has 5 N–H and O–H groups in total. The number of amides is 1. The first-order valence-electron chi connectivity index (χ1n) is 10.0. The number of nitrogens with one attached hydrogen (secondary N) is 1. The van der Waals surface area contributed by atoms with Crippen LogP contribution in [0.4, 0.5) is 0 Å². The molecule has 0 aromatic heterocycles. The number of hydrogen-bond donors (Lipinski definition) is 4. The zero-order valence-corrected chi connectivity index (χ0v) is 18.0. The Morgan fingerprint density at radius 1 is 1.06 bits per heavy atom. The van der Waals surface area contributed by atoms with Crippen LogP contribution in [0.1, 0.15) is 28.7 Å². The molecule has 10 nitrogen and oxygen atoms in total. The van der Waals surface area contributed by atoms with E-state index < -0.39 is 36.4 Å². The largest absolute Gasteiger partial charge is 0.493 e. The summed E-state index contributed by atoms with van der Waals surface area (Å²) in [7, 11) is 4.50. The van der Waals surface area contributed by atoms with Crippen LogP contribution in [0.5, 0.6) is 28.7 Å². The Kier molecular flexibility index (Phi) is 6.00. The number of fused-ring (bicyclic) bond motifs is 2. The third-order valence-electron chi connectivity index (χ3n) is 6.16. The molecular weight excluding hydrogens is 420 g/mol. The van der Waals surface area contributed by atoms with Gasteiger partial charge in [-0.05, 0) is 41.0 Å². The minimum atomic E-state index is -1.12. The third-order valence-corrected chi connectivity index (χ3v) is 6.16. The molecule has 1 aliphatic heterocycles. The van der Waals surface area contributed by atoms with E-state index in [1.54, 1.807) is 24.3 Å². The van der Waals surface area contributed by atoms with Crippen molar-refractivity contribution in [2.45, 2.75) is 12.0 Å². The van der Waals surface area contributed by atoms with Crippen molar-refractivity contribution in [1.82, 2.24) is 5.43 Å². The lowest BCUT2D eigenvalue weighted by molar-refractivity contribution is -0.131. The van der Waals surface area contributed by atoms with Crippen molar-refractivity contribution < 1.29 is 38.7 Å². The van der Waals surface area contributed by atoms with E-state index >= 15 is 0 Å². The molecule has 4 rings (SSSR count). The minimum Gasteiger partial charge on any atom is -0.493 e. The Balaban J connectivity index is 1.99. The van der Waals surface area contributed by atoms with Crippen LogP contribution in [0.15, 0.2) is 24.3 Å². The van der Waals surface area contributed by atoms with E-state index in [1.165, 1.54) is 21.3 Å². The average molecular weight is 446 g/mol. The Morgan fingerprint density at radius 3 is 2.16 bits per heavy atom. The van der Waals surface area contributed by atoms with E-state index in [-0.39, 0.29) is 6.79 Å². The molecule has 2 aromatic rings. The predicted molar refractivity (Wildman–Crippen MR) is 112 cm³/mol. The van der Waals surface area contributed by atoms with Gasteiger partial charge in [0.1, 0.15) is 0 Å². The average Bonchev–Trinajstić information content (AvgIpc) is 3.28. The highest BCUT2D eigenvalue weighted by Crippen LogP contribution is 2.53. The van der Waals surface area contributed by atoms with Crippen LogP contribution in [0.3, 0.4) is 0 Å². The maximum Gasteiger partial charge on any atom is 0.238 e.